The lowest BCUT2D eigenvalue weighted by molar-refractivity contribution is -0.123. The molecule has 0 fully saturated rings. The van der Waals surface area contributed by atoms with Crippen LogP contribution in [-0.4, -0.2) is 18.6 Å². The first-order valence-electron chi connectivity index (χ1n) is 4.20. The summed E-state index contributed by atoms with van der Waals surface area (Å²) in [5.74, 6) is -0.851. The van der Waals surface area contributed by atoms with Gasteiger partial charge in [0.2, 0.25) is 0 Å². The number of nitrogen functional groups attached to an aromatic ring is 1. The van der Waals surface area contributed by atoms with Gasteiger partial charge in [-0.3, -0.25) is 4.79 Å². The van der Waals surface area contributed by atoms with Gasteiger partial charge in [0.25, 0.3) is 5.91 Å². The van der Waals surface area contributed by atoms with Gasteiger partial charge in [-0.25, -0.2) is 0 Å². The van der Waals surface area contributed by atoms with Crippen molar-refractivity contribution in [2.24, 2.45) is 0 Å². The predicted octanol–water partition coefficient (Wildman–Crippen LogP) is 2.32. The summed E-state index contributed by atoms with van der Waals surface area (Å²) >= 11 is 3.08. The van der Waals surface area contributed by atoms with Crippen molar-refractivity contribution >= 4 is 27.5 Å². The Kier molecular flexibility index (Phi) is 3.79. The number of amides is 1. The highest BCUT2D eigenvalue weighted by Gasteiger charge is 2.28. The van der Waals surface area contributed by atoms with Crippen molar-refractivity contribution in [2.45, 2.75) is 6.18 Å². The van der Waals surface area contributed by atoms with Crippen LogP contribution in [0.3, 0.4) is 0 Å². The van der Waals surface area contributed by atoms with Gasteiger partial charge in [-0.2, -0.15) is 13.2 Å². The largest absolute Gasteiger partial charge is 0.405 e. The number of nitrogens with one attached hydrogen (secondary N) is 1. The summed E-state index contributed by atoms with van der Waals surface area (Å²) in [6.45, 7) is -1.38. The van der Waals surface area contributed by atoms with Crippen LogP contribution in [0.4, 0.5) is 18.9 Å². The maximum atomic E-state index is 11.9. The Hall–Kier alpha value is -1.24. The summed E-state index contributed by atoms with van der Waals surface area (Å²) in [6.07, 6.45) is -4.43. The number of rotatable bonds is 2. The van der Waals surface area contributed by atoms with Crippen LogP contribution in [0, 0.1) is 0 Å². The maximum Gasteiger partial charge on any atom is 0.405 e. The van der Waals surface area contributed by atoms with Crippen LogP contribution in [0.25, 0.3) is 0 Å². The predicted molar refractivity (Wildman–Crippen MR) is 56.9 cm³/mol. The van der Waals surface area contributed by atoms with Crippen molar-refractivity contribution < 1.29 is 18.0 Å². The van der Waals surface area contributed by atoms with Gasteiger partial charge in [0.15, 0.2) is 0 Å². The Labute approximate surface area is 97.9 Å². The standard InChI is InChI=1S/C9H8BrF3N2O/c10-6-3-1-2-5(7(6)14)8(16)15-4-9(11,12)13/h1-3H,4,14H2,(H,15,16). The van der Waals surface area contributed by atoms with Crippen LogP contribution in [-0.2, 0) is 0 Å². The van der Waals surface area contributed by atoms with Gasteiger partial charge in [0, 0.05) is 4.47 Å². The van der Waals surface area contributed by atoms with Crippen LogP contribution >= 0.6 is 15.9 Å². The van der Waals surface area contributed by atoms with Crippen molar-refractivity contribution in [3.63, 3.8) is 0 Å². The van der Waals surface area contributed by atoms with E-state index < -0.39 is 18.6 Å². The zero-order valence-corrected chi connectivity index (χ0v) is 9.52. The zero-order chi connectivity index (χ0) is 12.3. The average molecular weight is 297 g/mol. The van der Waals surface area contributed by atoms with Crippen LogP contribution in [0.15, 0.2) is 22.7 Å². The number of hydrogen-bond acceptors (Lipinski definition) is 2. The minimum absolute atomic E-state index is 0.0126. The lowest BCUT2D eigenvalue weighted by Crippen LogP contribution is -2.34. The molecule has 0 heterocycles. The molecule has 0 aromatic heterocycles. The van der Waals surface area contributed by atoms with E-state index in [4.69, 9.17) is 5.73 Å². The molecule has 3 N–H and O–H groups in total. The van der Waals surface area contributed by atoms with Crippen molar-refractivity contribution in [1.82, 2.24) is 5.32 Å². The van der Waals surface area contributed by atoms with E-state index in [-0.39, 0.29) is 11.3 Å². The minimum atomic E-state index is -4.43. The molecule has 0 aliphatic rings. The third-order valence-corrected chi connectivity index (χ3v) is 2.44. The molecule has 0 atom stereocenters. The summed E-state index contributed by atoms with van der Waals surface area (Å²) < 4.78 is 36.0. The zero-order valence-electron chi connectivity index (χ0n) is 7.94. The molecule has 1 rings (SSSR count). The van der Waals surface area contributed by atoms with Gasteiger partial charge in [-0.15, -0.1) is 0 Å². The summed E-state index contributed by atoms with van der Waals surface area (Å²) in [5.41, 5.74) is 5.66. The Morgan fingerprint density at radius 2 is 2.06 bits per heavy atom. The summed E-state index contributed by atoms with van der Waals surface area (Å²) in [6, 6.07) is 4.46. The summed E-state index contributed by atoms with van der Waals surface area (Å²) in [5, 5.41) is 1.74. The Morgan fingerprint density at radius 3 is 2.62 bits per heavy atom. The molecule has 1 aromatic carbocycles. The number of benzene rings is 1. The third-order valence-electron chi connectivity index (χ3n) is 1.75. The number of hydrogen-bond donors (Lipinski definition) is 2. The second kappa shape index (κ2) is 4.73. The Balaban J connectivity index is 2.78. The van der Waals surface area contributed by atoms with E-state index in [0.717, 1.165) is 0 Å². The number of carbonyl (C=O) groups is 1. The lowest BCUT2D eigenvalue weighted by atomic mass is 10.1. The molecule has 0 aliphatic heterocycles. The number of halogens is 4. The maximum absolute atomic E-state index is 11.9. The monoisotopic (exact) mass is 296 g/mol. The highest BCUT2D eigenvalue weighted by atomic mass is 79.9. The van der Waals surface area contributed by atoms with E-state index in [2.05, 4.69) is 15.9 Å². The second-order valence-electron chi connectivity index (χ2n) is 3.00. The summed E-state index contributed by atoms with van der Waals surface area (Å²) in [7, 11) is 0. The van der Waals surface area contributed by atoms with Crippen molar-refractivity contribution in [3.05, 3.63) is 28.2 Å². The Morgan fingerprint density at radius 1 is 1.44 bits per heavy atom. The van der Waals surface area contributed by atoms with E-state index >= 15 is 0 Å². The van der Waals surface area contributed by atoms with Gasteiger partial charge >= 0.3 is 6.18 Å². The number of carbonyl (C=O) groups excluding carboxylic acids is 1. The van der Waals surface area contributed by atoms with Crippen LogP contribution < -0.4 is 11.1 Å². The minimum Gasteiger partial charge on any atom is -0.397 e. The molecule has 0 saturated carbocycles. The van der Waals surface area contributed by atoms with Crippen LogP contribution in [0.5, 0.6) is 0 Å². The van der Waals surface area contributed by atoms with Crippen molar-refractivity contribution in [2.75, 3.05) is 12.3 Å². The van der Waals surface area contributed by atoms with Crippen LogP contribution in [0.1, 0.15) is 10.4 Å². The molecule has 0 aliphatic carbocycles. The number of alkyl halides is 3. The van der Waals surface area contributed by atoms with E-state index in [9.17, 15) is 18.0 Å². The number of nitrogens with two attached hydrogens (primary N) is 1. The van der Waals surface area contributed by atoms with Crippen molar-refractivity contribution in [3.8, 4) is 0 Å². The van der Waals surface area contributed by atoms with Crippen LogP contribution in [0.2, 0.25) is 0 Å². The first kappa shape index (κ1) is 12.8. The molecule has 0 bridgehead atoms. The highest BCUT2D eigenvalue weighted by Crippen LogP contribution is 2.23. The third kappa shape index (κ3) is 3.41. The number of anilines is 1. The molecule has 88 valence electrons. The molecule has 1 amide bonds. The van der Waals surface area contributed by atoms with E-state index in [1.54, 1.807) is 11.4 Å². The SMILES string of the molecule is Nc1c(Br)cccc1C(=O)NCC(F)(F)F. The highest BCUT2D eigenvalue weighted by molar-refractivity contribution is 9.10. The van der Waals surface area contributed by atoms with Gasteiger partial charge in [0.05, 0.1) is 11.3 Å². The smallest absolute Gasteiger partial charge is 0.397 e. The number of para-hydroxylation sites is 1. The topological polar surface area (TPSA) is 55.1 Å². The normalized spacial score (nSPS) is 11.2. The van der Waals surface area contributed by atoms with E-state index in [0.29, 0.717) is 4.47 Å². The lowest BCUT2D eigenvalue weighted by Gasteiger charge is -2.10. The van der Waals surface area contributed by atoms with Gasteiger partial charge in [0.1, 0.15) is 6.54 Å². The van der Waals surface area contributed by atoms with E-state index in [1.165, 1.54) is 12.1 Å². The van der Waals surface area contributed by atoms with Gasteiger partial charge < -0.3 is 11.1 Å². The molecule has 0 saturated heterocycles. The first-order chi connectivity index (χ1) is 7.31. The summed E-state index contributed by atoms with van der Waals surface area (Å²) in [4.78, 5) is 11.4. The molecule has 1 aromatic rings. The molecule has 0 radical (unpaired) electrons. The molecule has 16 heavy (non-hydrogen) atoms. The molecular formula is C9H8BrF3N2O. The molecular weight excluding hydrogens is 289 g/mol. The molecule has 3 nitrogen and oxygen atoms in total. The fraction of sp³-hybridized carbons (Fsp3) is 0.222. The van der Waals surface area contributed by atoms with Gasteiger partial charge in [-0.1, -0.05) is 6.07 Å². The molecule has 0 spiro atoms. The Bertz CT molecular complexity index is 406. The van der Waals surface area contributed by atoms with E-state index in [1.807, 2.05) is 0 Å². The van der Waals surface area contributed by atoms with Crippen molar-refractivity contribution in [1.29, 1.82) is 0 Å². The van der Waals surface area contributed by atoms with Gasteiger partial charge in [-0.05, 0) is 28.1 Å². The fourth-order valence-electron chi connectivity index (χ4n) is 1.01. The molecule has 0 unspecified atom stereocenters. The molecule has 7 heteroatoms. The fourth-order valence-corrected chi connectivity index (χ4v) is 1.38. The first-order valence-corrected chi connectivity index (χ1v) is 4.99. The quantitative estimate of drug-likeness (QED) is 0.823. The second-order valence-corrected chi connectivity index (χ2v) is 3.85. The average Bonchev–Trinajstić information content (AvgIpc) is 2.17.